The maximum absolute atomic E-state index is 12.8. The molecule has 0 unspecified atom stereocenters. The van der Waals surface area contributed by atoms with Gasteiger partial charge < -0.3 is 4.74 Å². The zero-order valence-electron chi connectivity index (χ0n) is 10.6. The van der Waals surface area contributed by atoms with Crippen LogP contribution in [0, 0.1) is 12.7 Å². The molecule has 20 heavy (non-hydrogen) atoms. The third-order valence-electron chi connectivity index (χ3n) is 2.71. The molecular formula is C15H11BrClFO2. The Morgan fingerprint density at radius 3 is 2.55 bits per heavy atom. The number of ether oxygens (including phenoxy) is 1. The predicted octanol–water partition coefficient (Wildman–Crippen LogP) is 4.81. The second-order valence-electron chi connectivity index (χ2n) is 4.25. The summed E-state index contributed by atoms with van der Waals surface area (Å²) in [5, 5.41) is 0.434. The Labute approximate surface area is 129 Å². The van der Waals surface area contributed by atoms with E-state index >= 15 is 0 Å². The number of halogens is 3. The Kier molecular flexibility index (Phi) is 4.78. The number of carbonyl (C=O) groups excluding carboxylic acids is 1. The van der Waals surface area contributed by atoms with E-state index < -0.39 is 0 Å². The number of Topliss-reactive ketones (excluding diaryl/α,β-unsaturated/α-hetero) is 1. The summed E-state index contributed by atoms with van der Waals surface area (Å²) < 4.78 is 19.1. The molecule has 0 amide bonds. The molecular weight excluding hydrogens is 347 g/mol. The Bertz CT molecular complexity index is 618. The smallest absolute Gasteiger partial charge is 0.200 e. The first kappa shape index (κ1) is 15.0. The van der Waals surface area contributed by atoms with Crippen molar-refractivity contribution < 1.29 is 13.9 Å². The SMILES string of the molecule is Cc1cc(Br)cc(Cl)c1OCC(=O)c1ccc(F)cc1. The standard InChI is InChI=1S/C15H11BrClFO2/c1-9-6-11(16)7-13(17)15(9)20-8-14(19)10-2-4-12(18)5-3-10/h2-7H,8H2,1H3. The van der Waals surface area contributed by atoms with E-state index in [0.29, 0.717) is 16.3 Å². The third kappa shape index (κ3) is 3.58. The van der Waals surface area contributed by atoms with Crippen LogP contribution in [-0.2, 0) is 0 Å². The summed E-state index contributed by atoms with van der Waals surface area (Å²) in [6, 6.07) is 8.89. The van der Waals surface area contributed by atoms with Crippen LogP contribution in [0.2, 0.25) is 5.02 Å². The maximum atomic E-state index is 12.8. The summed E-state index contributed by atoms with van der Waals surface area (Å²) in [6.45, 7) is 1.70. The van der Waals surface area contributed by atoms with E-state index in [1.807, 2.05) is 13.0 Å². The van der Waals surface area contributed by atoms with Gasteiger partial charge in [0.05, 0.1) is 5.02 Å². The average molecular weight is 358 g/mol. The van der Waals surface area contributed by atoms with Crippen molar-refractivity contribution in [2.75, 3.05) is 6.61 Å². The molecule has 0 bridgehead atoms. The fourth-order valence-electron chi connectivity index (χ4n) is 1.73. The second-order valence-corrected chi connectivity index (χ2v) is 5.58. The highest BCUT2D eigenvalue weighted by atomic mass is 79.9. The van der Waals surface area contributed by atoms with Gasteiger partial charge in [0.15, 0.2) is 12.4 Å². The lowest BCUT2D eigenvalue weighted by atomic mass is 10.1. The van der Waals surface area contributed by atoms with Crippen LogP contribution in [0.15, 0.2) is 40.9 Å². The highest BCUT2D eigenvalue weighted by Crippen LogP contribution is 2.32. The Balaban J connectivity index is 2.09. The van der Waals surface area contributed by atoms with Gasteiger partial charge in [0.2, 0.25) is 0 Å². The van der Waals surface area contributed by atoms with Gasteiger partial charge in [0, 0.05) is 10.0 Å². The molecule has 0 aromatic heterocycles. The molecule has 2 aromatic rings. The Hall–Kier alpha value is -1.39. The summed E-state index contributed by atoms with van der Waals surface area (Å²) in [4.78, 5) is 11.9. The predicted molar refractivity (Wildman–Crippen MR) is 80.1 cm³/mol. The van der Waals surface area contributed by atoms with Gasteiger partial charge in [-0.2, -0.15) is 0 Å². The fraction of sp³-hybridized carbons (Fsp3) is 0.133. The third-order valence-corrected chi connectivity index (χ3v) is 3.45. The van der Waals surface area contributed by atoms with Crippen LogP contribution in [-0.4, -0.2) is 12.4 Å². The van der Waals surface area contributed by atoms with E-state index in [-0.39, 0.29) is 18.2 Å². The highest BCUT2D eigenvalue weighted by molar-refractivity contribution is 9.10. The second kappa shape index (κ2) is 6.37. The summed E-state index contributed by atoms with van der Waals surface area (Å²) in [5.74, 6) is -0.136. The van der Waals surface area contributed by atoms with Gasteiger partial charge in [-0.1, -0.05) is 27.5 Å². The van der Waals surface area contributed by atoms with Crippen LogP contribution in [0.1, 0.15) is 15.9 Å². The molecule has 0 atom stereocenters. The van der Waals surface area contributed by atoms with Gasteiger partial charge in [0.25, 0.3) is 0 Å². The van der Waals surface area contributed by atoms with Crippen LogP contribution in [0.3, 0.4) is 0 Å². The lowest BCUT2D eigenvalue weighted by Crippen LogP contribution is -2.12. The monoisotopic (exact) mass is 356 g/mol. The molecule has 2 nitrogen and oxygen atoms in total. The fourth-order valence-corrected chi connectivity index (χ4v) is 2.75. The van der Waals surface area contributed by atoms with Crippen molar-refractivity contribution in [1.29, 1.82) is 0 Å². The van der Waals surface area contributed by atoms with Crippen molar-refractivity contribution in [3.05, 3.63) is 62.8 Å². The normalized spacial score (nSPS) is 10.4. The van der Waals surface area contributed by atoms with Gasteiger partial charge >= 0.3 is 0 Å². The number of carbonyl (C=O) groups is 1. The largest absolute Gasteiger partial charge is 0.484 e. The number of hydrogen-bond donors (Lipinski definition) is 0. The van der Waals surface area contributed by atoms with E-state index in [1.54, 1.807) is 6.07 Å². The molecule has 0 aliphatic carbocycles. The zero-order valence-corrected chi connectivity index (χ0v) is 13.0. The van der Waals surface area contributed by atoms with Gasteiger partial charge in [-0.3, -0.25) is 4.79 Å². The molecule has 2 aromatic carbocycles. The van der Waals surface area contributed by atoms with E-state index in [4.69, 9.17) is 16.3 Å². The molecule has 104 valence electrons. The van der Waals surface area contributed by atoms with Gasteiger partial charge in [-0.25, -0.2) is 4.39 Å². The average Bonchev–Trinajstić information content (AvgIpc) is 2.38. The quantitative estimate of drug-likeness (QED) is 0.734. The minimum absolute atomic E-state index is 0.145. The Morgan fingerprint density at radius 1 is 1.30 bits per heavy atom. The van der Waals surface area contributed by atoms with Crippen molar-refractivity contribution in [2.45, 2.75) is 6.92 Å². The van der Waals surface area contributed by atoms with Gasteiger partial charge in [-0.15, -0.1) is 0 Å². The minimum Gasteiger partial charge on any atom is -0.484 e. The molecule has 0 spiro atoms. The molecule has 2 rings (SSSR count). The van der Waals surface area contributed by atoms with Crippen LogP contribution in [0.5, 0.6) is 5.75 Å². The van der Waals surface area contributed by atoms with Crippen LogP contribution >= 0.6 is 27.5 Å². The Morgan fingerprint density at radius 2 is 1.95 bits per heavy atom. The molecule has 0 aliphatic heterocycles. The lowest BCUT2D eigenvalue weighted by molar-refractivity contribution is 0.0921. The number of benzene rings is 2. The van der Waals surface area contributed by atoms with E-state index in [2.05, 4.69) is 15.9 Å². The first-order valence-electron chi connectivity index (χ1n) is 5.84. The van der Waals surface area contributed by atoms with Crippen LogP contribution in [0.25, 0.3) is 0 Å². The zero-order chi connectivity index (χ0) is 14.7. The molecule has 0 fully saturated rings. The van der Waals surface area contributed by atoms with E-state index in [0.717, 1.165) is 10.0 Å². The number of ketones is 1. The topological polar surface area (TPSA) is 26.3 Å². The van der Waals surface area contributed by atoms with Crippen molar-refractivity contribution in [1.82, 2.24) is 0 Å². The number of hydrogen-bond acceptors (Lipinski definition) is 2. The van der Waals surface area contributed by atoms with Crippen molar-refractivity contribution >= 4 is 33.3 Å². The van der Waals surface area contributed by atoms with E-state index in [1.165, 1.54) is 24.3 Å². The molecule has 0 N–H and O–H groups in total. The van der Waals surface area contributed by atoms with Crippen LogP contribution in [0.4, 0.5) is 4.39 Å². The maximum Gasteiger partial charge on any atom is 0.200 e. The number of rotatable bonds is 4. The lowest BCUT2D eigenvalue weighted by Gasteiger charge is -2.11. The van der Waals surface area contributed by atoms with Gasteiger partial charge in [0.1, 0.15) is 11.6 Å². The summed E-state index contributed by atoms with van der Waals surface area (Å²) in [6.07, 6.45) is 0. The van der Waals surface area contributed by atoms with Gasteiger partial charge in [-0.05, 0) is 48.9 Å². The highest BCUT2D eigenvalue weighted by Gasteiger charge is 2.11. The summed E-state index contributed by atoms with van der Waals surface area (Å²) in [5.41, 5.74) is 1.23. The molecule has 0 aliphatic rings. The van der Waals surface area contributed by atoms with Crippen molar-refractivity contribution in [3.63, 3.8) is 0 Å². The van der Waals surface area contributed by atoms with Crippen molar-refractivity contribution in [3.8, 4) is 5.75 Å². The van der Waals surface area contributed by atoms with E-state index in [9.17, 15) is 9.18 Å². The first-order valence-corrected chi connectivity index (χ1v) is 7.01. The summed E-state index contributed by atoms with van der Waals surface area (Å²) in [7, 11) is 0. The first-order chi connectivity index (χ1) is 9.47. The molecule has 0 radical (unpaired) electrons. The molecule has 0 saturated carbocycles. The number of aryl methyl sites for hydroxylation is 1. The molecule has 0 saturated heterocycles. The van der Waals surface area contributed by atoms with Crippen molar-refractivity contribution in [2.24, 2.45) is 0 Å². The molecule has 0 heterocycles. The van der Waals surface area contributed by atoms with Crippen LogP contribution < -0.4 is 4.74 Å². The summed E-state index contributed by atoms with van der Waals surface area (Å²) >= 11 is 9.40. The minimum atomic E-state index is -0.380. The molecule has 5 heteroatoms.